The van der Waals surface area contributed by atoms with E-state index in [1.54, 1.807) is 12.5 Å². The van der Waals surface area contributed by atoms with Crippen molar-refractivity contribution >= 4 is 17.0 Å². The third-order valence-electron chi connectivity index (χ3n) is 2.73. The lowest BCUT2D eigenvalue weighted by Crippen LogP contribution is -2.07. The summed E-state index contributed by atoms with van der Waals surface area (Å²) in [4.78, 5) is 24.0. The molecule has 0 aliphatic rings. The number of H-pyrrole nitrogens is 1. The Bertz CT molecular complexity index is 740. The lowest BCUT2D eigenvalue weighted by Gasteiger charge is -2.07. The molecule has 0 unspecified atom stereocenters. The second-order valence-corrected chi connectivity index (χ2v) is 4.23. The third-order valence-corrected chi connectivity index (χ3v) is 2.73. The fourth-order valence-electron chi connectivity index (χ4n) is 1.86. The fourth-order valence-corrected chi connectivity index (χ4v) is 1.86. The van der Waals surface area contributed by atoms with Gasteiger partial charge in [0, 0.05) is 0 Å². The van der Waals surface area contributed by atoms with Crippen LogP contribution in [0.25, 0.3) is 11.2 Å². The molecular weight excluding hydrogens is 258 g/mol. The van der Waals surface area contributed by atoms with Crippen LogP contribution in [0.5, 0.6) is 0 Å². The first-order valence-corrected chi connectivity index (χ1v) is 6.08. The molecule has 0 aliphatic carbocycles. The van der Waals surface area contributed by atoms with Crippen molar-refractivity contribution in [3.63, 3.8) is 0 Å². The van der Waals surface area contributed by atoms with Crippen LogP contribution < -0.4 is 5.32 Å². The highest BCUT2D eigenvalue weighted by Crippen LogP contribution is 2.16. The number of rotatable bonds is 4. The number of aromatic amines is 1. The second kappa shape index (κ2) is 5.17. The van der Waals surface area contributed by atoms with Crippen molar-refractivity contribution in [2.45, 2.75) is 20.1 Å². The highest BCUT2D eigenvalue weighted by molar-refractivity contribution is 5.82. The number of aryl methyl sites for hydroxylation is 1. The van der Waals surface area contributed by atoms with Crippen LogP contribution in [0.2, 0.25) is 0 Å². The van der Waals surface area contributed by atoms with Crippen LogP contribution in [-0.4, -0.2) is 35.0 Å². The molecule has 8 nitrogen and oxygen atoms in total. The van der Waals surface area contributed by atoms with E-state index < -0.39 is 0 Å². The maximum absolute atomic E-state index is 9.04. The number of aromatic nitrogens is 6. The Morgan fingerprint density at radius 1 is 1.20 bits per heavy atom. The van der Waals surface area contributed by atoms with E-state index in [2.05, 4.69) is 35.2 Å². The van der Waals surface area contributed by atoms with E-state index in [-0.39, 0.29) is 6.61 Å². The van der Waals surface area contributed by atoms with Crippen LogP contribution in [0.3, 0.4) is 0 Å². The normalized spacial score (nSPS) is 10.9. The van der Waals surface area contributed by atoms with Crippen LogP contribution in [0.1, 0.15) is 17.2 Å². The lowest BCUT2D eigenvalue weighted by atomic mass is 10.4. The molecule has 3 N–H and O–H groups in total. The standard InChI is InChI=1S/C12H13N7O/c1-7-17-11(10-12(18-7)16-6-15-10)14-4-8-2-13-3-9(5-20)19-8/h2-3,6,20H,4-5H2,1H3,(H2,14,15,16,17,18). The molecule has 0 radical (unpaired) electrons. The van der Waals surface area contributed by atoms with E-state index in [0.717, 1.165) is 11.2 Å². The van der Waals surface area contributed by atoms with Crippen LogP contribution in [0, 0.1) is 6.92 Å². The molecule has 8 heteroatoms. The summed E-state index contributed by atoms with van der Waals surface area (Å²) >= 11 is 0. The van der Waals surface area contributed by atoms with E-state index in [1.165, 1.54) is 6.20 Å². The van der Waals surface area contributed by atoms with E-state index in [0.29, 0.717) is 29.5 Å². The van der Waals surface area contributed by atoms with Gasteiger partial charge in [-0.05, 0) is 6.92 Å². The van der Waals surface area contributed by atoms with Crippen molar-refractivity contribution in [1.29, 1.82) is 0 Å². The molecule has 0 aromatic carbocycles. The number of anilines is 1. The molecule has 3 rings (SSSR count). The molecule has 0 amide bonds. The van der Waals surface area contributed by atoms with Gasteiger partial charge in [0.2, 0.25) is 0 Å². The number of hydrogen-bond donors (Lipinski definition) is 3. The molecule has 102 valence electrons. The van der Waals surface area contributed by atoms with Gasteiger partial charge in [0.05, 0.1) is 43.3 Å². The van der Waals surface area contributed by atoms with Crippen LogP contribution in [0.4, 0.5) is 5.82 Å². The van der Waals surface area contributed by atoms with Gasteiger partial charge in [-0.3, -0.25) is 9.97 Å². The van der Waals surface area contributed by atoms with Crippen molar-refractivity contribution in [2.75, 3.05) is 5.32 Å². The summed E-state index contributed by atoms with van der Waals surface area (Å²) in [5, 5.41) is 12.2. The summed E-state index contributed by atoms with van der Waals surface area (Å²) in [5.74, 6) is 1.31. The van der Waals surface area contributed by atoms with E-state index in [4.69, 9.17) is 5.11 Å². The fraction of sp³-hybridized carbons (Fsp3) is 0.250. The van der Waals surface area contributed by atoms with Gasteiger partial charge in [-0.1, -0.05) is 0 Å². The van der Waals surface area contributed by atoms with Gasteiger partial charge in [-0.15, -0.1) is 0 Å². The molecule has 0 saturated heterocycles. The molecule has 0 saturated carbocycles. The van der Waals surface area contributed by atoms with Crippen molar-refractivity contribution in [3.05, 3.63) is 35.9 Å². The largest absolute Gasteiger partial charge is 0.390 e. The molecular formula is C12H13N7O. The maximum Gasteiger partial charge on any atom is 0.183 e. The summed E-state index contributed by atoms with van der Waals surface area (Å²) in [7, 11) is 0. The summed E-state index contributed by atoms with van der Waals surface area (Å²) in [6, 6.07) is 0. The van der Waals surface area contributed by atoms with E-state index in [9.17, 15) is 0 Å². The van der Waals surface area contributed by atoms with Gasteiger partial charge in [-0.25, -0.2) is 15.0 Å². The van der Waals surface area contributed by atoms with Crippen molar-refractivity contribution in [3.8, 4) is 0 Å². The molecule has 3 heterocycles. The summed E-state index contributed by atoms with van der Waals surface area (Å²) < 4.78 is 0. The number of fused-ring (bicyclic) bond motifs is 1. The maximum atomic E-state index is 9.04. The predicted molar refractivity (Wildman–Crippen MR) is 71.7 cm³/mol. The topological polar surface area (TPSA) is 112 Å². The minimum atomic E-state index is -0.127. The highest BCUT2D eigenvalue weighted by atomic mass is 16.3. The number of imidazole rings is 1. The molecule has 0 fully saturated rings. The van der Waals surface area contributed by atoms with Gasteiger partial charge in [0.1, 0.15) is 11.3 Å². The number of nitrogens with zero attached hydrogens (tertiary/aromatic N) is 5. The highest BCUT2D eigenvalue weighted by Gasteiger charge is 2.08. The summed E-state index contributed by atoms with van der Waals surface area (Å²) in [6.07, 6.45) is 4.76. The first-order chi connectivity index (χ1) is 9.76. The Balaban J connectivity index is 1.84. The van der Waals surface area contributed by atoms with Crippen LogP contribution in [-0.2, 0) is 13.2 Å². The number of aliphatic hydroxyl groups excluding tert-OH is 1. The molecule has 0 spiro atoms. The Morgan fingerprint density at radius 3 is 2.90 bits per heavy atom. The average Bonchev–Trinajstić information content (AvgIpc) is 2.93. The monoisotopic (exact) mass is 271 g/mol. The summed E-state index contributed by atoms with van der Waals surface area (Å²) in [6.45, 7) is 2.13. The summed E-state index contributed by atoms with van der Waals surface area (Å²) in [5.41, 5.74) is 2.63. The van der Waals surface area contributed by atoms with Gasteiger partial charge >= 0.3 is 0 Å². The predicted octanol–water partition coefficient (Wildman–Crippen LogP) is 0.556. The average molecular weight is 271 g/mol. The second-order valence-electron chi connectivity index (χ2n) is 4.23. The quantitative estimate of drug-likeness (QED) is 0.635. The molecule has 3 aromatic heterocycles. The van der Waals surface area contributed by atoms with Gasteiger partial charge < -0.3 is 15.4 Å². The zero-order chi connectivity index (χ0) is 13.9. The van der Waals surface area contributed by atoms with Gasteiger partial charge in [-0.2, -0.15) is 0 Å². The third kappa shape index (κ3) is 2.41. The number of aliphatic hydroxyl groups is 1. The van der Waals surface area contributed by atoms with Gasteiger partial charge in [0.25, 0.3) is 0 Å². The molecule has 0 bridgehead atoms. The molecule has 3 aromatic rings. The Kier molecular flexibility index (Phi) is 3.21. The van der Waals surface area contributed by atoms with Crippen LogP contribution in [0.15, 0.2) is 18.7 Å². The van der Waals surface area contributed by atoms with Gasteiger partial charge in [0.15, 0.2) is 11.5 Å². The number of nitrogens with one attached hydrogen (secondary N) is 2. The van der Waals surface area contributed by atoms with Crippen molar-refractivity contribution in [1.82, 2.24) is 29.9 Å². The molecule has 0 aliphatic heterocycles. The van der Waals surface area contributed by atoms with E-state index >= 15 is 0 Å². The zero-order valence-corrected chi connectivity index (χ0v) is 10.8. The van der Waals surface area contributed by atoms with Crippen molar-refractivity contribution in [2.24, 2.45) is 0 Å². The minimum Gasteiger partial charge on any atom is -0.390 e. The first-order valence-electron chi connectivity index (χ1n) is 6.08. The zero-order valence-electron chi connectivity index (χ0n) is 10.8. The lowest BCUT2D eigenvalue weighted by molar-refractivity contribution is 0.276. The molecule has 20 heavy (non-hydrogen) atoms. The Labute approximate surface area is 114 Å². The first kappa shape index (κ1) is 12.4. The van der Waals surface area contributed by atoms with Crippen LogP contribution >= 0.6 is 0 Å². The minimum absolute atomic E-state index is 0.127. The van der Waals surface area contributed by atoms with E-state index in [1.807, 2.05) is 6.92 Å². The number of hydrogen-bond acceptors (Lipinski definition) is 7. The Hall–Kier alpha value is -2.61. The smallest absolute Gasteiger partial charge is 0.183 e. The SMILES string of the molecule is Cc1nc(NCc2cncc(CO)n2)c2[nH]cnc2n1. The molecule has 0 atom stereocenters. The Morgan fingerprint density at radius 2 is 2.05 bits per heavy atom. The van der Waals surface area contributed by atoms with Crippen molar-refractivity contribution < 1.29 is 5.11 Å².